The molecule has 0 radical (unpaired) electrons. The first-order chi connectivity index (χ1) is 8.73. The molecule has 2 aliphatic carbocycles. The second-order valence-electron chi connectivity index (χ2n) is 6.26. The maximum atomic E-state index is 11.5. The molecule has 0 bridgehead atoms. The zero-order valence-corrected chi connectivity index (χ0v) is 11.3. The third-order valence-corrected chi connectivity index (χ3v) is 5.19. The van der Waals surface area contributed by atoms with Crippen LogP contribution in [0.1, 0.15) is 51.9 Å². The molecule has 3 nitrogen and oxygen atoms in total. The number of esters is 1. The van der Waals surface area contributed by atoms with E-state index in [-0.39, 0.29) is 11.6 Å². The van der Waals surface area contributed by atoms with Crippen LogP contribution in [0.5, 0.6) is 0 Å². The Bertz CT molecular complexity index is 318. The number of fused-ring (bicyclic) bond motifs is 2. The molecule has 3 fully saturated rings. The molecule has 1 saturated heterocycles. The van der Waals surface area contributed by atoms with Gasteiger partial charge in [0.1, 0.15) is 0 Å². The molecule has 0 N–H and O–H groups in total. The van der Waals surface area contributed by atoms with E-state index < -0.39 is 0 Å². The van der Waals surface area contributed by atoms with Crippen LogP contribution in [0, 0.1) is 17.8 Å². The highest BCUT2D eigenvalue weighted by Gasteiger charge is 2.56. The molecule has 0 aromatic rings. The van der Waals surface area contributed by atoms with Crippen molar-refractivity contribution in [2.24, 2.45) is 17.8 Å². The lowest BCUT2D eigenvalue weighted by Crippen LogP contribution is -2.42. The van der Waals surface area contributed by atoms with E-state index >= 15 is 0 Å². The van der Waals surface area contributed by atoms with E-state index in [0.717, 1.165) is 44.1 Å². The van der Waals surface area contributed by atoms with Crippen molar-refractivity contribution in [1.29, 1.82) is 0 Å². The van der Waals surface area contributed by atoms with Crippen molar-refractivity contribution >= 4 is 5.97 Å². The number of hydrogen-bond acceptors (Lipinski definition) is 3. The first kappa shape index (κ1) is 12.5. The van der Waals surface area contributed by atoms with Gasteiger partial charge in [0, 0.05) is 13.0 Å². The van der Waals surface area contributed by atoms with Crippen LogP contribution in [-0.4, -0.2) is 24.8 Å². The first-order valence-electron chi connectivity index (χ1n) is 7.53. The van der Waals surface area contributed by atoms with E-state index in [1.165, 1.54) is 12.8 Å². The molecule has 0 aromatic heterocycles. The molecule has 0 amide bonds. The lowest BCUT2D eigenvalue weighted by atomic mass is 9.73. The van der Waals surface area contributed by atoms with Gasteiger partial charge < -0.3 is 9.47 Å². The highest BCUT2D eigenvalue weighted by molar-refractivity contribution is 5.69. The highest BCUT2D eigenvalue weighted by atomic mass is 16.5. The lowest BCUT2D eigenvalue weighted by molar-refractivity contribution is -0.147. The third kappa shape index (κ3) is 2.29. The molecule has 2 saturated carbocycles. The Hall–Kier alpha value is -0.570. The van der Waals surface area contributed by atoms with Crippen molar-refractivity contribution < 1.29 is 14.3 Å². The number of hydrogen-bond donors (Lipinski definition) is 0. The summed E-state index contributed by atoms with van der Waals surface area (Å²) in [5.41, 5.74) is 0.202. The van der Waals surface area contributed by atoms with E-state index in [0.29, 0.717) is 18.9 Å². The van der Waals surface area contributed by atoms with Gasteiger partial charge in [0.2, 0.25) is 0 Å². The van der Waals surface area contributed by atoms with E-state index in [9.17, 15) is 4.79 Å². The molecule has 2 atom stereocenters. The SMILES string of the molecule is CCOC(=O)CC1CCC2(CC1)OCCC1C[C@@H]12. The predicted molar refractivity (Wildman–Crippen MR) is 68.1 cm³/mol. The van der Waals surface area contributed by atoms with Crippen LogP contribution in [0.25, 0.3) is 0 Å². The van der Waals surface area contributed by atoms with Gasteiger partial charge in [-0.2, -0.15) is 0 Å². The van der Waals surface area contributed by atoms with Crippen molar-refractivity contribution in [3.63, 3.8) is 0 Å². The minimum absolute atomic E-state index is 0.0210. The molecule has 3 aliphatic rings. The summed E-state index contributed by atoms with van der Waals surface area (Å²) in [6.07, 6.45) is 7.89. The van der Waals surface area contributed by atoms with E-state index in [4.69, 9.17) is 9.47 Å². The van der Waals surface area contributed by atoms with Gasteiger partial charge in [0.25, 0.3) is 0 Å². The Morgan fingerprint density at radius 2 is 2.11 bits per heavy atom. The van der Waals surface area contributed by atoms with Gasteiger partial charge >= 0.3 is 5.97 Å². The van der Waals surface area contributed by atoms with Gasteiger partial charge in [-0.25, -0.2) is 0 Å². The van der Waals surface area contributed by atoms with Crippen LogP contribution in [0.4, 0.5) is 0 Å². The largest absolute Gasteiger partial charge is 0.466 e. The van der Waals surface area contributed by atoms with Crippen LogP contribution in [-0.2, 0) is 14.3 Å². The summed E-state index contributed by atoms with van der Waals surface area (Å²) in [5.74, 6) is 2.31. The summed E-state index contributed by atoms with van der Waals surface area (Å²) in [4.78, 5) is 11.5. The predicted octanol–water partition coefficient (Wildman–Crippen LogP) is 2.93. The zero-order chi connectivity index (χ0) is 12.6. The number of ether oxygens (including phenoxy) is 2. The van der Waals surface area contributed by atoms with Crippen LogP contribution in [0.2, 0.25) is 0 Å². The van der Waals surface area contributed by atoms with Crippen molar-refractivity contribution in [3.05, 3.63) is 0 Å². The second-order valence-corrected chi connectivity index (χ2v) is 6.26. The zero-order valence-electron chi connectivity index (χ0n) is 11.3. The monoisotopic (exact) mass is 252 g/mol. The summed E-state index contributed by atoms with van der Waals surface area (Å²) in [6, 6.07) is 0. The number of rotatable bonds is 3. The maximum absolute atomic E-state index is 11.5. The fourth-order valence-corrected chi connectivity index (χ4v) is 4.07. The fourth-order valence-electron chi connectivity index (χ4n) is 4.07. The summed E-state index contributed by atoms with van der Waals surface area (Å²) in [7, 11) is 0. The normalized spacial score (nSPS) is 42.4. The van der Waals surface area contributed by atoms with Crippen molar-refractivity contribution in [1.82, 2.24) is 0 Å². The number of carbonyl (C=O) groups excluding carboxylic acids is 1. The summed E-state index contributed by atoms with van der Waals surface area (Å²) in [6.45, 7) is 3.34. The maximum Gasteiger partial charge on any atom is 0.306 e. The first-order valence-corrected chi connectivity index (χ1v) is 7.53. The molecule has 1 spiro atoms. The molecule has 1 heterocycles. The summed E-state index contributed by atoms with van der Waals surface area (Å²) < 4.78 is 11.2. The Labute approximate surface area is 109 Å². The Balaban J connectivity index is 1.50. The van der Waals surface area contributed by atoms with Gasteiger partial charge in [-0.15, -0.1) is 0 Å². The van der Waals surface area contributed by atoms with Gasteiger partial charge in [-0.3, -0.25) is 4.79 Å². The molecule has 18 heavy (non-hydrogen) atoms. The minimum Gasteiger partial charge on any atom is -0.466 e. The molecular formula is C15H24O3. The van der Waals surface area contributed by atoms with Crippen molar-refractivity contribution in [3.8, 4) is 0 Å². The smallest absolute Gasteiger partial charge is 0.306 e. The highest BCUT2D eigenvalue weighted by Crippen LogP contribution is 2.58. The molecule has 102 valence electrons. The minimum atomic E-state index is -0.0210. The summed E-state index contributed by atoms with van der Waals surface area (Å²) in [5, 5.41) is 0. The van der Waals surface area contributed by atoms with Crippen LogP contribution in [0.3, 0.4) is 0 Å². The van der Waals surface area contributed by atoms with E-state index in [1.807, 2.05) is 6.92 Å². The standard InChI is InChI=1S/C15H24O3/c1-2-17-14(16)9-11-3-6-15(7-4-11)13-10-12(13)5-8-18-15/h11-13H,2-10H2,1H3/t11?,12?,13-,15?/m0/s1. The molecule has 3 rings (SSSR count). The lowest BCUT2D eigenvalue weighted by Gasteiger charge is -2.42. The van der Waals surface area contributed by atoms with E-state index in [2.05, 4.69) is 0 Å². The van der Waals surface area contributed by atoms with Crippen LogP contribution >= 0.6 is 0 Å². The van der Waals surface area contributed by atoms with Gasteiger partial charge in [-0.05, 0) is 63.2 Å². The van der Waals surface area contributed by atoms with Gasteiger partial charge in [0.05, 0.1) is 12.2 Å². The third-order valence-electron chi connectivity index (χ3n) is 5.19. The fraction of sp³-hybridized carbons (Fsp3) is 0.933. The number of carbonyl (C=O) groups is 1. The molecular weight excluding hydrogens is 228 g/mol. The Morgan fingerprint density at radius 1 is 1.33 bits per heavy atom. The van der Waals surface area contributed by atoms with Crippen LogP contribution in [0.15, 0.2) is 0 Å². The average molecular weight is 252 g/mol. The average Bonchev–Trinajstić information content (AvgIpc) is 3.14. The molecule has 0 aromatic carbocycles. The molecule has 1 unspecified atom stereocenters. The van der Waals surface area contributed by atoms with Gasteiger partial charge in [-0.1, -0.05) is 0 Å². The molecule has 3 heteroatoms. The Morgan fingerprint density at radius 3 is 2.83 bits per heavy atom. The van der Waals surface area contributed by atoms with Gasteiger partial charge in [0.15, 0.2) is 0 Å². The summed E-state index contributed by atoms with van der Waals surface area (Å²) >= 11 is 0. The Kier molecular flexibility index (Phi) is 3.35. The quantitative estimate of drug-likeness (QED) is 0.724. The van der Waals surface area contributed by atoms with Crippen LogP contribution < -0.4 is 0 Å². The van der Waals surface area contributed by atoms with E-state index in [1.54, 1.807) is 0 Å². The molecule has 1 aliphatic heterocycles. The topological polar surface area (TPSA) is 35.5 Å². The van der Waals surface area contributed by atoms with Crippen molar-refractivity contribution in [2.75, 3.05) is 13.2 Å². The van der Waals surface area contributed by atoms with Crippen molar-refractivity contribution in [2.45, 2.75) is 57.5 Å². The second kappa shape index (κ2) is 4.84.